The maximum absolute atomic E-state index is 12.0. The van der Waals surface area contributed by atoms with E-state index >= 15 is 0 Å². The molecular formula is C13H24N2O. The summed E-state index contributed by atoms with van der Waals surface area (Å²) in [6.45, 7) is 3.06. The normalized spacial score (nSPS) is 26.1. The van der Waals surface area contributed by atoms with Gasteiger partial charge in [0.05, 0.1) is 5.54 Å². The Bertz CT molecular complexity index is 260. The van der Waals surface area contributed by atoms with Gasteiger partial charge in [0.1, 0.15) is 0 Å². The zero-order valence-corrected chi connectivity index (χ0v) is 10.3. The SMILES string of the molecule is CCC1(CNC(=O)C2(N)CCCC2)CCC1. The number of nitrogens with two attached hydrogens (primary N) is 1. The Morgan fingerprint density at radius 2 is 1.81 bits per heavy atom. The number of nitrogens with one attached hydrogen (secondary N) is 1. The maximum Gasteiger partial charge on any atom is 0.240 e. The van der Waals surface area contributed by atoms with Crippen molar-refractivity contribution < 1.29 is 4.79 Å². The minimum atomic E-state index is -0.557. The van der Waals surface area contributed by atoms with Crippen molar-refractivity contribution in [2.24, 2.45) is 11.1 Å². The molecule has 1 amide bonds. The summed E-state index contributed by atoms with van der Waals surface area (Å²) in [6, 6.07) is 0. The fourth-order valence-corrected chi connectivity index (χ4v) is 3.01. The van der Waals surface area contributed by atoms with Gasteiger partial charge in [0.15, 0.2) is 0 Å². The minimum Gasteiger partial charge on any atom is -0.354 e. The second kappa shape index (κ2) is 4.36. The van der Waals surface area contributed by atoms with E-state index in [1.54, 1.807) is 0 Å². The van der Waals surface area contributed by atoms with Crippen LogP contribution in [0.25, 0.3) is 0 Å². The highest BCUT2D eigenvalue weighted by Crippen LogP contribution is 2.43. The molecule has 0 bridgehead atoms. The zero-order valence-electron chi connectivity index (χ0n) is 10.3. The molecule has 0 aromatic rings. The van der Waals surface area contributed by atoms with Gasteiger partial charge in [0.25, 0.3) is 0 Å². The predicted molar refractivity (Wildman–Crippen MR) is 65.0 cm³/mol. The number of hydrogen-bond acceptors (Lipinski definition) is 2. The number of amides is 1. The fraction of sp³-hybridized carbons (Fsp3) is 0.923. The van der Waals surface area contributed by atoms with Crippen LogP contribution in [0.1, 0.15) is 58.3 Å². The Labute approximate surface area is 98.2 Å². The van der Waals surface area contributed by atoms with Gasteiger partial charge in [-0.3, -0.25) is 4.79 Å². The first-order valence-electron chi connectivity index (χ1n) is 6.67. The average Bonchev–Trinajstić information content (AvgIpc) is 2.65. The Hall–Kier alpha value is -0.570. The van der Waals surface area contributed by atoms with Gasteiger partial charge in [-0.2, -0.15) is 0 Å². The van der Waals surface area contributed by atoms with Crippen LogP contribution >= 0.6 is 0 Å². The minimum absolute atomic E-state index is 0.0877. The topological polar surface area (TPSA) is 55.1 Å². The molecule has 2 aliphatic rings. The number of carbonyl (C=O) groups excluding carboxylic acids is 1. The molecule has 3 N–H and O–H groups in total. The van der Waals surface area contributed by atoms with E-state index in [9.17, 15) is 4.79 Å². The van der Waals surface area contributed by atoms with Gasteiger partial charge in [-0.1, -0.05) is 26.2 Å². The van der Waals surface area contributed by atoms with Gasteiger partial charge in [-0.15, -0.1) is 0 Å². The third kappa shape index (κ3) is 2.10. The lowest BCUT2D eigenvalue weighted by Gasteiger charge is -2.42. The number of rotatable bonds is 4. The Kier molecular flexibility index (Phi) is 3.24. The lowest BCUT2D eigenvalue weighted by molar-refractivity contribution is -0.127. The van der Waals surface area contributed by atoms with Crippen LogP contribution in [0.5, 0.6) is 0 Å². The van der Waals surface area contributed by atoms with Crippen LogP contribution in [0.2, 0.25) is 0 Å². The summed E-state index contributed by atoms with van der Waals surface area (Å²) >= 11 is 0. The van der Waals surface area contributed by atoms with E-state index in [0.29, 0.717) is 5.41 Å². The molecule has 3 heteroatoms. The molecular weight excluding hydrogens is 200 g/mol. The Balaban J connectivity index is 1.83. The van der Waals surface area contributed by atoms with Crippen molar-refractivity contribution >= 4 is 5.91 Å². The van der Waals surface area contributed by atoms with Crippen molar-refractivity contribution in [3.63, 3.8) is 0 Å². The molecule has 0 saturated heterocycles. The van der Waals surface area contributed by atoms with E-state index in [0.717, 1.165) is 32.2 Å². The summed E-state index contributed by atoms with van der Waals surface area (Å²) < 4.78 is 0. The van der Waals surface area contributed by atoms with Crippen LogP contribution in [-0.2, 0) is 4.79 Å². The van der Waals surface area contributed by atoms with Crippen molar-refractivity contribution in [3.8, 4) is 0 Å². The van der Waals surface area contributed by atoms with E-state index in [1.165, 1.54) is 25.7 Å². The first-order valence-corrected chi connectivity index (χ1v) is 6.67. The maximum atomic E-state index is 12.0. The molecule has 0 spiro atoms. The van der Waals surface area contributed by atoms with Crippen molar-refractivity contribution in [1.82, 2.24) is 5.32 Å². The first-order chi connectivity index (χ1) is 7.60. The summed E-state index contributed by atoms with van der Waals surface area (Å²) in [7, 11) is 0. The molecule has 0 aromatic heterocycles. The highest BCUT2D eigenvalue weighted by molar-refractivity contribution is 5.86. The summed E-state index contributed by atoms with van der Waals surface area (Å²) in [5.41, 5.74) is 5.96. The molecule has 92 valence electrons. The Morgan fingerprint density at radius 3 is 2.25 bits per heavy atom. The third-order valence-electron chi connectivity index (χ3n) is 4.74. The second-order valence-corrected chi connectivity index (χ2v) is 5.75. The first kappa shape index (κ1) is 11.9. The van der Waals surface area contributed by atoms with Crippen LogP contribution in [0, 0.1) is 5.41 Å². The fourth-order valence-electron chi connectivity index (χ4n) is 3.01. The van der Waals surface area contributed by atoms with Crippen LogP contribution in [0.3, 0.4) is 0 Å². The molecule has 2 aliphatic carbocycles. The van der Waals surface area contributed by atoms with Crippen molar-refractivity contribution in [2.75, 3.05) is 6.54 Å². The molecule has 0 heterocycles. The van der Waals surface area contributed by atoms with Gasteiger partial charge in [-0.25, -0.2) is 0 Å². The molecule has 0 aromatic carbocycles. The number of hydrogen-bond donors (Lipinski definition) is 2. The van der Waals surface area contributed by atoms with Gasteiger partial charge < -0.3 is 11.1 Å². The molecule has 3 nitrogen and oxygen atoms in total. The van der Waals surface area contributed by atoms with Crippen LogP contribution < -0.4 is 11.1 Å². The third-order valence-corrected chi connectivity index (χ3v) is 4.74. The monoisotopic (exact) mass is 224 g/mol. The van der Waals surface area contributed by atoms with Crippen LogP contribution in [-0.4, -0.2) is 18.0 Å². The molecule has 16 heavy (non-hydrogen) atoms. The molecule has 2 rings (SSSR count). The van der Waals surface area contributed by atoms with E-state index < -0.39 is 5.54 Å². The standard InChI is InChI=1S/C13H24N2O/c1-2-12(6-5-7-12)10-15-11(16)13(14)8-3-4-9-13/h2-10,14H2,1H3,(H,15,16). The molecule has 0 radical (unpaired) electrons. The number of carbonyl (C=O) groups is 1. The summed E-state index contributed by atoms with van der Waals surface area (Å²) in [4.78, 5) is 12.0. The van der Waals surface area contributed by atoms with E-state index in [-0.39, 0.29) is 5.91 Å². The van der Waals surface area contributed by atoms with Gasteiger partial charge in [-0.05, 0) is 37.5 Å². The summed E-state index contributed by atoms with van der Waals surface area (Å²) in [6.07, 6.45) is 8.94. The largest absolute Gasteiger partial charge is 0.354 e. The van der Waals surface area contributed by atoms with Crippen molar-refractivity contribution in [3.05, 3.63) is 0 Å². The van der Waals surface area contributed by atoms with Crippen LogP contribution in [0.4, 0.5) is 0 Å². The van der Waals surface area contributed by atoms with Gasteiger partial charge in [0, 0.05) is 6.54 Å². The molecule has 2 saturated carbocycles. The summed E-state index contributed by atoms with van der Waals surface area (Å²) in [5, 5.41) is 3.09. The molecule has 0 unspecified atom stereocenters. The second-order valence-electron chi connectivity index (χ2n) is 5.75. The highest BCUT2D eigenvalue weighted by Gasteiger charge is 2.40. The predicted octanol–water partition coefficient (Wildman–Crippen LogP) is 1.95. The van der Waals surface area contributed by atoms with Crippen molar-refractivity contribution in [2.45, 2.75) is 63.8 Å². The van der Waals surface area contributed by atoms with Gasteiger partial charge in [0.2, 0.25) is 5.91 Å². The van der Waals surface area contributed by atoms with Gasteiger partial charge >= 0.3 is 0 Å². The smallest absolute Gasteiger partial charge is 0.240 e. The molecule has 0 aliphatic heterocycles. The molecule has 2 fully saturated rings. The average molecular weight is 224 g/mol. The van der Waals surface area contributed by atoms with Crippen molar-refractivity contribution in [1.29, 1.82) is 0 Å². The quantitative estimate of drug-likeness (QED) is 0.767. The van der Waals surface area contributed by atoms with E-state index in [2.05, 4.69) is 12.2 Å². The Morgan fingerprint density at radius 1 is 1.19 bits per heavy atom. The van der Waals surface area contributed by atoms with E-state index in [4.69, 9.17) is 5.73 Å². The zero-order chi connectivity index (χ0) is 11.6. The summed E-state index contributed by atoms with van der Waals surface area (Å²) in [5.74, 6) is 0.0877. The van der Waals surface area contributed by atoms with Crippen LogP contribution in [0.15, 0.2) is 0 Å². The molecule has 0 atom stereocenters. The highest BCUT2D eigenvalue weighted by atomic mass is 16.2. The lowest BCUT2D eigenvalue weighted by Crippen LogP contribution is -2.54. The van der Waals surface area contributed by atoms with E-state index in [1.807, 2.05) is 0 Å². The lowest BCUT2D eigenvalue weighted by atomic mass is 9.67.